The standard InChI is InChI=1S/C26H24BrClN2O5S/c1-5-34-19-11-15(10-17(27)23(19)31)12-20-24(32)30-22(16-8-6-7-9-18(16)28)21(25(33)35-13(2)3)14(4)29-26(30)36-20/h6-13,22,31H,5H2,1-4H3. The summed E-state index contributed by atoms with van der Waals surface area (Å²) in [5.74, 6) is -0.262. The van der Waals surface area contributed by atoms with E-state index in [2.05, 4.69) is 20.9 Å². The predicted octanol–water partition coefficient (Wildman–Crippen LogP) is 4.71. The Labute approximate surface area is 225 Å². The number of benzene rings is 2. The number of carbonyl (C=O) groups is 1. The highest BCUT2D eigenvalue weighted by Gasteiger charge is 2.34. The van der Waals surface area contributed by atoms with Crippen molar-refractivity contribution >= 4 is 50.9 Å². The molecule has 0 aliphatic carbocycles. The largest absolute Gasteiger partial charge is 0.503 e. The maximum Gasteiger partial charge on any atom is 0.338 e. The average Bonchev–Trinajstić information content (AvgIpc) is 3.10. The third-order valence-electron chi connectivity index (χ3n) is 5.43. The molecule has 1 N–H and O–H groups in total. The van der Waals surface area contributed by atoms with Crippen molar-refractivity contribution in [1.82, 2.24) is 4.57 Å². The minimum Gasteiger partial charge on any atom is -0.503 e. The number of hydrogen-bond acceptors (Lipinski definition) is 7. The molecular formula is C26H24BrClN2O5S. The van der Waals surface area contributed by atoms with Crippen LogP contribution >= 0.6 is 38.9 Å². The van der Waals surface area contributed by atoms with Gasteiger partial charge in [0.25, 0.3) is 5.56 Å². The molecular weight excluding hydrogens is 568 g/mol. The fraction of sp³-hybridized carbons (Fsp3) is 0.269. The number of carbonyl (C=O) groups excluding carboxylic acids is 1. The Balaban J connectivity index is 1.95. The van der Waals surface area contributed by atoms with Gasteiger partial charge >= 0.3 is 5.97 Å². The lowest BCUT2D eigenvalue weighted by Gasteiger charge is -2.26. The zero-order valence-corrected chi connectivity index (χ0v) is 23.2. The molecule has 0 bridgehead atoms. The molecule has 0 saturated carbocycles. The smallest absolute Gasteiger partial charge is 0.338 e. The van der Waals surface area contributed by atoms with Gasteiger partial charge in [0, 0.05) is 5.02 Å². The topological polar surface area (TPSA) is 90.1 Å². The van der Waals surface area contributed by atoms with Gasteiger partial charge in [-0.15, -0.1) is 0 Å². The SMILES string of the molecule is CCOc1cc(C=c2sc3n(c2=O)C(c2ccccc2Cl)C(C(=O)OC(C)C)=C(C)N=3)cc(Br)c1O. The van der Waals surface area contributed by atoms with Crippen molar-refractivity contribution in [2.24, 2.45) is 4.99 Å². The van der Waals surface area contributed by atoms with E-state index in [9.17, 15) is 14.7 Å². The summed E-state index contributed by atoms with van der Waals surface area (Å²) in [5, 5.41) is 10.7. The van der Waals surface area contributed by atoms with Crippen LogP contribution in [0.2, 0.25) is 5.02 Å². The number of hydrogen-bond donors (Lipinski definition) is 1. The number of ether oxygens (including phenoxy) is 2. The molecule has 0 radical (unpaired) electrons. The van der Waals surface area contributed by atoms with Crippen LogP contribution in [0.25, 0.3) is 6.08 Å². The molecule has 2 aromatic carbocycles. The van der Waals surface area contributed by atoms with Crippen molar-refractivity contribution in [3.63, 3.8) is 0 Å². The van der Waals surface area contributed by atoms with Gasteiger partial charge in [-0.2, -0.15) is 0 Å². The molecule has 0 spiro atoms. The summed E-state index contributed by atoms with van der Waals surface area (Å²) in [4.78, 5) is 31.9. The highest BCUT2D eigenvalue weighted by Crippen LogP contribution is 2.36. The fourth-order valence-electron chi connectivity index (χ4n) is 3.95. The second-order valence-electron chi connectivity index (χ2n) is 8.34. The van der Waals surface area contributed by atoms with Crippen LogP contribution in [0.3, 0.4) is 0 Å². The molecule has 0 saturated heterocycles. The van der Waals surface area contributed by atoms with Crippen molar-refractivity contribution in [3.05, 3.63) is 88.0 Å². The van der Waals surface area contributed by atoms with Crippen molar-refractivity contribution in [2.45, 2.75) is 39.8 Å². The van der Waals surface area contributed by atoms with Crippen LogP contribution in [0.5, 0.6) is 11.5 Å². The predicted molar refractivity (Wildman–Crippen MR) is 143 cm³/mol. The monoisotopic (exact) mass is 590 g/mol. The number of rotatable bonds is 6. The number of nitrogens with zero attached hydrogens (tertiary/aromatic N) is 2. The number of aromatic hydroxyl groups is 1. The van der Waals surface area contributed by atoms with E-state index in [0.29, 0.717) is 48.0 Å². The summed E-state index contributed by atoms with van der Waals surface area (Å²) < 4.78 is 13.3. The Morgan fingerprint density at radius 2 is 2.06 bits per heavy atom. The minimum atomic E-state index is -0.797. The molecule has 36 heavy (non-hydrogen) atoms. The Bertz CT molecular complexity index is 1560. The van der Waals surface area contributed by atoms with Gasteiger partial charge in [0.1, 0.15) is 6.04 Å². The molecule has 1 aliphatic rings. The summed E-state index contributed by atoms with van der Waals surface area (Å²) in [7, 11) is 0. The number of esters is 1. The van der Waals surface area contributed by atoms with E-state index in [1.807, 2.05) is 6.92 Å². The third kappa shape index (κ3) is 5.00. The first-order valence-electron chi connectivity index (χ1n) is 11.3. The number of aromatic nitrogens is 1. The molecule has 4 rings (SSSR count). The molecule has 1 atom stereocenters. The van der Waals surface area contributed by atoms with E-state index in [0.717, 1.165) is 0 Å². The van der Waals surface area contributed by atoms with Gasteiger partial charge in [0.2, 0.25) is 0 Å². The molecule has 0 fully saturated rings. The molecule has 1 unspecified atom stereocenters. The van der Waals surface area contributed by atoms with Crippen LogP contribution in [-0.2, 0) is 9.53 Å². The number of allylic oxidation sites excluding steroid dienone is 1. The lowest BCUT2D eigenvalue weighted by Crippen LogP contribution is -2.40. The molecule has 1 aliphatic heterocycles. The average molecular weight is 592 g/mol. The molecule has 7 nitrogen and oxygen atoms in total. The van der Waals surface area contributed by atoms with Gasteiger partial charge in [-0.3, -0.25) is 9.36 Å². The maximum atomic E-state index is 13.7. The summed E-state index contributed by atoms with van der Waals surface area (Å²) in [6.07, 6.45) is 1.35. The Morgan fingerprint density at radius 1 is 1.33 bits per heavy atom. The molecule has 10 heteroatoms. The van der Waals surface area contributed by atoms with Crippen LogP contribution in [-0.4, -0.2) is 28.4 Å². The lowest BCUT2D eigenvalue weighted by molar-refractivity contribution is -0.143. The van der Waals surface area contributed by atoms with E-state index >= 15 is 0 Å². The van der Waals surface area contributed by atoms with Crippen LogP contribution in [0.1, 0.15) is 44.9 Å². The van der Waals surface area contributed by atoms with Gasteiger partial charge in [-0.25, -0.2) is 9.79 Å². The number of thiazole rings is 1. The van der Waals surface area contributed by atoms with E-state index in [1.54, 1.807) is 63.2 Å². The van der Waals surface area contributed by atoms with E-state index in [4.69, 9.17) is 21.1 Å². The molecule has 3 aromatic rings. The Hall–Kier alpha value is -2.88. The Morgan fingerprint density at radius 3 is 2.72 bits per heavy atom. The summed E-state index contributed by atoms with van der Waals surface area (Å²) in [6, 6.07) is 9.65. The lowest BCUT2D eigenvalue weighted by atomic mass is 9.96. The molecule has 188 valence electrons. The van der Waals surface area contributed by atoms with Crippen LogP contribution in [0.4, 0.5) is 0 Å². The van der Waals surface area contributed by atoms with Gasteiger partial charge in [0.15, 0.2) is 16.3 Å². The first-order chi connectivity index (χ1) is 17.1. The number of halogens is 2. The van der Waals surface area contributed by atoms with Crippen LogP contribution < -0.4 is 19.6 Å². The second-order valence-corrected chi connectivity index (χ2v) is 10.6. The van der Waals surface area contributed by atoms with Crippen molar-refractivity contribution in [1.29, 1.82) is 0 Å². The van der Waals surface area contributed by atoms with E-state index in [1.165, 1.54) is 15.9 Å². The zero-order valence-electron chi connectivity index (χ0n) is 20.0. The number of phenols is 1. The quantitative estimate of drug-likeness (QED) is 0.420. The van der Waals surface area contributed by atoms with Gasteiger partial charge in [-0.1, -0.05) is 41.1 Å². The van der Waals surface area contributed by atoms with Gasteiger partial charge in [0.05, 0.1) is 33.0 Å². The van der Waals surface area contributed by atoms with E-state index < -0.39 is 12.0 Å². The fourth-order valence-corrected chi connectivity index (χ4v) is 5.69. The third-order valence-corrected chi connectivity index (χ3v) is 7.36. The van der Waals surface area contributed by atoms with Crippen molar-refractivity contribution < 1.29 is 19.4 Å². The Kier molecular flexibility index (Phi) is 7.73. The summed E-state index contributed by atoms with van der Waals surface area (Å²) in [5.41, 5.74) is 1.65. The maximum absolute atomic E-state index is 13.7. The van der Waals surface area contributed by atoms with Crippen LogP contribution in [0.15, 0.2) is 61.9 Å². The molecule has 1 aromatic heterocycles. The van der Waals surface area contributed by atoms with E-state index in [-0.39, 0.29) is 23.0 Å². The second kappa shape index (κ2) is 10.6. The summed E-state index contributed by atoms with van der Waals surface area (Å²) in [6.45, 7) is 7.44. The summed E-state index contributed by atoms with van der Waals surface area (Å²) >= 11 is 11.1. The zero-order chi connectivity index (χ0) is 26.1. The first-order valence-corrected chi connectivity index (χ1v) is 13.2. The van der Waals surface area contributed by atoms with Gasteiger partial charge in [-0.05, 0) is 79.0 Å². The van der Waals surface area contributed by atoms with Crippen molar-refractivity contribution in [2.75, 3.05) is 6.61 Å². The molecule has 2 heterocycles. The minimum absolute atomic E-state index is 0.0156. The highest BCUT2D eigenvalue weighted by molar-refractivity contribution is 9.10. The first kappa shape index (κ1) is 26.2. The number of phenolic OH excluding ortho intramolecular Hbond substituents is 1. The molecule has 0 amide bonds. The van der Waals surface area contributed by atoms with Crippen LogP contribution in [0, 0.1) is 0 Å². The van der Waals surface area contributed by atoms with Gasteiger partial charge < -0.3 is 14.6 Å². The number of fused-ring (bicyclic) bond motifs is 1. The van der Waals surface area contributed by atoms with Crippen molar-refractivity contribution in [3.8, 4) is 11.5 Å². The normalized spacial score (nSPS) is 15.6. The highest BCUT2D eigenvalue weighted by atomic mass is 79.9.